The van der Waals surface area contributed by atoms with Crippen LogP contribution in [0.5, 0.6) is 0 Å². The molecule has 0 spiro atoms. The number of benzene rings is 1. The molecular weight excluding hydrogens is 210 g/mol. The van der Waals surface area contributed by atoms with Crippen molar-refractivity contribution in [3.63, 3.8) is 0 Å². The molecule has 0 atom stereocenters. The first-order valence-corrected chi connectivity index (χ1v) is 6.47. The molecule has 3 nitrogen and oxygen atoms in total. The Bertz CT molecular complexity index is 538. The Balaban J connectivity index is 2.00. The molecule has 0 unspecified atom stereocenters. The molecule has 1 aliphatic rings. The van der Waals surface area contributed by atoms with Crippen LogP contribution in [0.4, 0.5) is 0 Å². The third-order valence-corrected chi connectivity index (χ3v) is 3.42. The van der Waals surface area contributed by atoms with Crippen molar-refractivity contribution in [1.82, 2.24) is 14.9 Å². The Morgan fingerprint density at radius 2 is 2.24 bits per heavy atom. The van der Waals surface area contributed by atoms with Crippen LogP contribution in [0.1, 0.15) is 37.2 Å². The maximum atomic E-state index is 4.68. The predicted molar refractivity (Wildman–Crippen MR) is 70.1 cm³/mol. The fourth-order valence-corrected chi connectivity index (χ4v) is 2.44. The van der Waals surface area contributed by atoms with Crippen molar-refractivity contribution in [2.75, 3.05) is 6.54 Å². The number of rotatable bonds is 4. The third kappa shape index (κ3) is 1.95. The number of nitrogens with one attached hydrogen (secondary N) is 1. The summed E-state index contributed by atoms with van der Waals surface area (Å²) < 4.78 is 2.40. The van der Waals surface area contributed by atoms with Gasteiger partial charge in [-0.25, -0.2) is 4.98 Å². The Kier molecular flexibility index (Phi) is 2.63. The highest BCUT2D eigenvalue weighted by atomic mass is 15.1. The number of hydrogen-bond acceptors (Lipinski definition) is 2. The van der Waals surface area contributed by atoms with Gasteiger partial charge in [-0.15, -0.1) is 0 Å². The molecule has 1 aromatic heterocycles. The van der Waals surface area contributed by atoms with Gasteiger partial charge in [0.1, 0.15) is 5.82 Å². The molecule has 2 aromatic rings. The molecule has 3 rings (SSSR count). The Morgan fingerprint density at radius 3 is 2.94 bits per heavy atom. The van der Waals surface area contributed by atoms with E-state index in [-0.39, 0.29) is 0 Å². The minimum absolute atomic E-state index is 0.708. The van der Waals surface area contributed by atoms with E-state index in [9.17, 15) is 0 Å². The second-order valence-electron chi connectivity index (χ2n) is 4.86. The highest BCUT2D eigenvalue weighted by Crippen LogP contribution is 2.38. The van der Waals surface area contributed by atoms with Crippen LogP contribution in [-0.4, -0.2) is 16.1 Å². The second-order valence-corrected chi connectivity index (χ2v) is 4.86. The Hall–Kier alpha value is -1.35. The van der Waals surface area contributed by atoms with E-state index in [1.165, 1.54) is 23.9 Å². The molecule has 1 saturated carbocycles. The molecule has 1 aromatic carbocycles. The SMILES string of the molecule is CCNCc1ccc2c(c1)nc(C)n2C1CC1. The quantitative estimate of drug-likeness (QED) is 0.873. The number of imidazole rings is 1. The molecule has 0 aliphatic heterocycles. The minimum atomic E-state index is 0.708. The smallest absolute Gasteiger partial charge is 0.106 e. The predicted octanol–water partition coefficient (Wildman–Crippen LogP) is 2.79. The van der Waals surface area contributed by atoms with Gasteiger partial charge in [0.25, 0.3) is 0 Å². The van der Waals surface area contributed by atoms with Gasteiger partial charge < -0.3 is 9.88 Å². The van der Waals surface area contributed by atoms with E-state index >= 15 is 0 Å². The molecule has 0 radical (unpaired) electrons. The highest BCUT2D eigenvalue weighted by Gasteiger charge is 2.26. The highest BCUT2D eigenvalue weighted by molar-refractivity contribution is 5.77. The lowest BCUT2D eigenvalue weighted by molar-refractivity contribution is 0.726. The number of aromatic nitrogens is 2. The molecule has 1 heterocycles. The zero-order valence-corrected chi connectivity index (χ0v) is 10.5. The van der Waals surface area contributed by atoms with Gasteiger partial charge in [0.2, 0.25) is 0 Å². The molecule has 3 heteroatoms. The molecular formula is C14H19N3. The lowest BCUT2D eigenvalue weighted by Crippen LogP contribution is -2.11. The lowest BCUT2D eigenvalue weighted by Gasteiger charge is -2.05. The topological polar surface area (TPSA) is 29.9 Å². The summed E-state index contributed by atoms with van der Waals surface area (Å²) in [5, 5.41) is 3.35. The standard InChI is InChI=1S/C14H19N3/c1-3-15-9-11-4-7-14-13(8-11)16-10(2)17(14)12-5-6-12/h4,7-8,12,15H,3,5-6,9H2,1-2H3. The van der Waals surface area contributed by atoms with Crippen molar-refractivity contribution < 1.29 is 0 Å². The molecule has 1 aliphatic carbocycles. The van der Waals surface area contributed by atoms with Gasteiger partial charge in [-0.1, -0.05) is 13.0 Å². The van der Waals surface area contributed by atoms with E-state index in [2.05, 4.69) is 46.9 Å². The van der Waals surface area contributed by atoms with E-state index in [0.29, 0.717) is 6.04 Å². The first-order valence-electron chi connectivity index (χ1n) is 6.47. The molecule has 17 heavy (non-hydrogen) atoms. The fourth-order valence-electron chi connectivity index (χ4n) is 2.44. The van der Waals surface area contributed by atoms with Crippen molar-refractivity contribution in [3.05, 3.63) is 29.6 Å². The Labute approximate surface area is 102 Å². The first kappa shape index (κ1) is 10.8. The second kappa shape index (κ2) is 4.15. The molecule has 1 N–H and O–H groups in total. The molecule has 0 amide bonds. The zero-order valence-electron chi connectivity index (χ0n) is 10.5. The van der Waals surface area contributed by atoms with Gasteiger partial charge in [0.15, 0.2) is 0 Å². The maximum Gasteiger partial charge on any atom is 0.106 e. The fraction of sp³-hybridized carbons (Fsp3) is 0.500. The van der Waals surface area contributed by atoms with Gasteiger partial charge in [-0.2, -0.15) is 0 Å². The lowest BCUT2D eigenvalue weighted by atomic mass is 10.2. The Morgan fingerprint density at radius 1 is 1.41 bits per heavy atom. The van der Waals surface area contributed by atoms with Gasteiger partial charge >= 0.3 is 0 Å². The van der Waals surface area contributed by atoms with E-state index < -0.39 is 0 Å². The number of aryl methyl sites for hydroxylation is 1. The monoisotopic (exact) mass is 229 g/mol. The van der Waals surface area contributed by atoms with E-state index in [1.54, 1.807) is 0 Å². The molecule has 0 saturated heterocycles. The number of nitrogens with zero attached hydrogens (tertiary/aromatic N) is 2. The average Bonchev–Trinajstić information content (AvgIpc) is 3.09. The molecule has 0 bridgehead atoms. The van der Waals surface area contributed by atoms with Crippen LogP contribution < -0.4 is 5.32 Å². The van der Waals surface area contributed by atoms with Gasteiger partial charge in [-0.3, -0.25) is 0 Å². The van der Waals surface area contributed by atoms with Crippen molar-refractivity contribution in [2.24, 2.45) is 0 Å². The van der Waals surface area contributed by atoms with Crippen LogP contribution >= 0.6 is 0 Å². The van der Waals surface area contributed by atoms with Crippen LogP contribution in [0.3, 0.4) is 0 Å². The van der Waals surface area contributed by atoms with Crippen LogP contribution in [0, 0.1) is 6.92 Å². The van der Waals surface area contributed by atoms with Crippen LogP contribution in [0.2, 0.25) is 0 Å². The van der Waals surface area contributed by atoms with Crippen molar-refractivity contribution >= 4 is 11.0 Å². The zero-order chi connectivity index (χ0) is 11.8. The number of fused-ring (bicyclic) bond motifs is 1. The van der Waals surface area contributed by atoms with Crippen molar-refractivity contribution in [3.8, 4) is 0 Å². The van der Waals surface area contributed by atoms with E-state index in [1.807, 2.05) is 0 Å². The van der Waals surface area contributed by atoms with Crippen LogP contribution in [0.15, 0.2) is 18.2 Å². The summed E-state index contributed by atoms with van der Waals surface area (Å²) in [6, 6.07) is 7.36. The van der Waals surface area contributed by atoms with Gasteiger partial charge in [0.05, 0.1) is 11.0 Å². The van der Waals surface area contributed by atoms with Crippen LogP contribution in [0.25, 0.3) is 11.0 Å². The molecule has 1 fully saturated rings. The normalized spacial score (nSPS) is 15.6. The molecule has 90 valence electrons. The van der Waals surface area contributed by atoms with E-state index in [0.717, 1.165) is 24.4 Å². The maximum absolute atomic E-state index is 4.68. The summed E-state index contributed by atoms with van der Waals surface area (Å²) in [7, 11) is 0. The summed E-state index contributed by atoms with van der Waals surface area (Å²) in [6.07, 6.45) is 2.62. The summed E-state index contributed by atoms with van der Waals surface area (Å²) >= 11 is 0. The summed E-state index contributed by atoms with van der Waals surface area (Å²) in [4.78, 5) is 4.68. The van der Waals surface area contributed by atoms with Crippen molar-refractivity contribution in [2.45, 2.75) is 39.3 Å². The van der Waals surface area contributed by atoms with Gasteiger partial charge in [0, 0.05) is 12.6 Å². The van der Waals surface area contributed by atoms with E-state index in [4.69, 9.17) is 0 Å². The van der Waals surface area contributed by atoms with Crippen molar-refractivity contribution in [1.29, 1.82) is 0 Å². The van der Waals surface area contributed by atoms with Gasteiger partial charge in [-0.05, 0) is 44.0 Å². The summed E-state index contributed by atoms with van der Waals surface area (Å²) in [5.74, 6) is 1.16. The minimum Gasteiger partial charge on any atom is -0.325 e. The third-order valence-electron chi connectivity index (χ3n) is 3.42. The van der Waals surface area contributed by atoms with Crippen LogP contribution in [-0.2, 0) is 6.54 Å². The summed E-state index contributed by atoms with van der Waals surface area (Å²) in [6.45, 7) is 6.18. The largest absolute Gasteiger partial charge is 0.325 e. The number of hydrogen-bond donors (Lipinski definition) is 1. The first-order chi connectivity index (χ1) is 8.29. The average molecular weight is 229 g/mol. The summed E-state index contributed by atoms with van der Waals surface area (Å²) in [5.41, 5.74) is 3.76.